The second-order valence-corrected chi connectivity index (χ2v) is 4.20. The predicted octanol–water partition coefficient (Wildman–Crippen LogP) is 3.15. The molecule has 1 aliphatic rings. The topological polar surface area (TPSA) is 12.4 Å². The van der Waals surface area contributed by atoms with E-state index in [2.05, 4.69) is 25.8 Å². The van der Waals surface area contributed by atoms with Crippen molar-refractivity contribution in [2.24, 2.45) is 22.7 Å². The number of hydrogen-bond acceptors (Lipinski definition) is 1. The van der Waals surface area contributed by atoms with E-state index in [9.17, 15) is 0 Å². The highest BCUT2D eigenvalue weighted by atomic mass is 14.7. The molecule has 0 spiro atoms. The molecule has 0 bridgehead atoms. The van der Waals surface area contributed by atoms with Gasteiger partial charge in [-0.05, 0) is 30.6 Å². The Kier molecular flexibility index (Phi) is 3.30. The van der Waals surface area contributed by atoms with Crippen molar-refractivity contribution in [3.8, 4) is 0 Å². The van der Waals surface area contributed by atoms with Crippen molar-refractivity contribution in [2.45, 2.75) is 40.0 Å². The molecular formula is C11H21N. The van der Waals surface area contributed by atoms with Gasteiger partial charge in [-0.25, -0.2) is 0 Å². The van der Waals surface area contributed by atoms with Crippen LogP contribution in [0.3, 0.4) is 0 Å². The van der Waals surface area contributed by atoms with Crippen LogP contribution in [0.2, 0.25) is 0 Å². The normalized spacial score (nSPS) is 27.7. The molecule has 0 aliphatic heterocycles. The van der Waals surface area contributed by atoms with Gasteiger partial charge >= 0.3 is 0 Å². The van der Waals surface area contributed by atoms with Crippen LogP contribution in [-0.4, -0.2) is 12.8 Å². The van der Waals surface area contributed by atoms with Gasteiger partial charge in [0.2, 0.25) is 0 Å². The molecule has 2 unspecified atom stereocenters. The fraction of sp³-hybridized carbons (Fsp3) is 0.909. The van der Waals surface area contributed by atoms with Gasteiger partial charge in [-0.15, -0.1) is 0 Å². The van der Waals surface area contributed by atoms with Crippen molar-refractivity contribution in [2.75, 3.05) is 7.05 Å². The van der Waals surface area contributed by atoms with E-state index in [1.54, 1.807) is 0 Å². The molecule has 1 aliphatic carbocycles. The average molecular weight is 167 g/mol. The third-order valence-corrected chi connectivity index (χ3v) is 3.60. The Bertz CT molecular complexity index is 164. The Labute approximate surface area is 76.3 Å². The van der Waals surface area contributed by atoms with Crippen molar-refractivity contribution in [3.63, 3.8) is 0 Å². The van der Waals surface area contributed by atoms with Gasteiger partial charge in [0.25, 0.3) is 0 Å². The Morgan fingerprint density at radius 3 is 2.42 bits per heavy atom. The van der Waals surface area contributed by atoms with Gasteiger partial charge in [0.05, 0.1) is 0 Å². The first-order valence-electron chi connectivity index (χ1n) is 5.13. The molecule has 0 saturated heterocycles. The van der Waals surface area contributed by atoms with Crippen LogP contribution in [0.5, 0.6) is 0 Å². The fourth-order valence-electron chi connectivity index (χ4n) is 1.94. The van der Waals surface area contributed by atoms with E-state index in [4.69, 9.17) is 0 Å². The van der Waals surface area contributed by atoms with E-state index >= 15 is 0 Å². The second-order valence-electron chi connectivity index (χ2n) is 4.20. The summed E-state index contributed by atoms with van der Waals surface area (Å²) in [6, 6.07) is 0. The first-order valence-corrected chi connectivity index (χ1v) is 5.13. The summed E-state index contributed by atoms with van der Waals surface area (Å²) in [6.45, 7) is 7.05. The lowest BCUT2D eigenvalue weighted by Crippen LogP contribution is -2.32. The zero-order valence-electron chi connectivity index (χ0n) is 8.80. The molecule has 1 fully saturated rings. The van der Waals surface area contributed by atoms with E-state index in [0.29, 0.717) is 0 Å². The highest BCUT2D eigenvalue weighted by Crippen LogP contribution is 2.36. The van der Waals surface area contributed by atoms with Crippen LogP contribution >= 0.6 is 0 Å². The summed E-state index contributed by atoms with van der Waals surface area (Å²) >= 11 is 0. The lowest BCUT2D eigenvalue weighted by molar-refractivity contribution is 0.242. The number of rotatable bonds is 3. The number of hydrogen-bond donors (Lipinski definition) is 0. The quantitative estimate of drug-likeness (QED) is 0.612. The minimum atomic E-state index is 0.883. The van der Waals surface area contributed by atoms with Crippen molar-refractivity contribution < 1.29 is 0 Å². The molecule has 0 aromatic rings. The molecule has 0 aromatic heterocycles. The van der Waals surface area contributed by atoms with Gasteiger partial charge in [-0.3, -0.25) is 4.99 Å². The standard InChI is InChI=1S/C11H21N/c1-5-8(2)9(3)10-6-11(7-10)12-4/h8-10H,5-7H2,1-4H3. The maximum atomic E-state index is 4.23. The average Bonchev–Trinajstić information content (AvgIpc) is 2.01. The van der Waals surface area contributed by atoms with Crippen LogP contribution in [0.15, 0.2) is 4.99 Å². The van der Waals surface area contributed by atoms with Crippen LogP contribution in [0, 0.1) is 17.8 Å². The molecule has 0 aromatic carbocycles. The van der Waals surface area contributed by atoms with Crippen molar-refractivity contribution in [3.05, 3.63) is 0 Å². The van der Waals surface area contributed by atoms with Crippen molar-refractivity contribution in [1.29, 1.82) is 0 Å². The summed E-state index contributed by atoms with van der Waals surface area (Å²) in [5.74, 6) is 2.70. The molecule has 1 rings (SSSR count). The van der Waals surface area contributed by atoms with E-state index in [0.717, 1.165) is 17.8 Å². The molecule has 0 heterocycles. The van der Waals surface area contributed by atoms with Crippen LogP contribution in [0.4, 0.5) is 0 Å². The summed E-state index contributed by atoms with van der Waals surface area (Å²) in [5.41, 5.74) is 1.43. The third kappa shape index (κ3) is 1.88. The molecule has 1 nitrogen and oxygen atoms in total. The lowest BCUT2D eigenvalue weighted by Gasteiger charge is -2.36. The van der Waals surface area contributed by atoms with Gasteiger partial charge in [0.15, 0.2) is 0 Å². The molecule has 1 saturated carbocycles. The summed E-state index contributed by atoms with van der Waals surface area (Å²) in [4.78, 5) is 4.23. The first kappa shape index (κ1) is 9.76. The van der Waals surface area contributed by atoms with E-state index in [1.807, 2.05) is 7.05 Å². The van der Waals surface area contributed by atoms with Crippen molar-refractivity contribution >= 4 is 5.71 Å². The Hall–Kier alpha value is -0.330. The zero-order valence-corrected chi connectivity index (χ0v) is 8.80. The van der Waals surface area contributed by atoms with Crippen LogP contribution in [-0.2, 0) is 0 Å². The second kappa shape index (κ2) is 4.06. The number of nitrogens with zero attached hydrogens (tertiary/aromatic N) is 1. The minimum absolute atomic E-state index is 0.883. The monoisotopic (exact) mass is 167 g/mol. The Morgan fingerprint density at radius 2 is 2.00 bits per heavy atom. The molecule has 12 heavy (non-hydrogen) atoms. The molecule has 0 radical (unpaired) electrons. The molecule has 1 heteroatoms. The zero-order chi connectivity index (χ0) is 9.14. The molecule has 70 valence electrons. The van der Waals surface area contributed by atoms with Crippen LogP contribution in [0.25, 0.3) is 0 Å². The summed E-state index contributed by atoms with van der Waals surface area (Å²) in [6.07, 6.45) is 3.85. The fourth-order valence-corrected chi connectivity index (χ4v) is 1.94. The van der Waals surface area contributed by atoms with Crippen LogP contribution < -0.4 is 0 Å². The highest BCUT2D eigenvalue weighted by Gasteiger charge is 2.31. The van der Waals surface area contributed by atoms with Gasteiger partial charge < -0.3 is 0 Å². The van der Waals surface area contributed by atoms with Crippen LogP contribution in [0.1, 0.15) is 40.0 Å². The summed E-state index contributed by atoms with van der Waals surface area (Å²) in [5, 5.41) is 0. The smallest absolute Gasteiger partial charge is 0.0276 e. The Morgan fingerprint density at radius 1 is 1.42 bits per heavy atom. The van der Waals surface area contributed by atoms with Gasteiger partial charge in [-0.1, -0.05) is 27.2 Å². The molecule has 0 N–H and O–H groups in total. The predicted molar refractivity (Wildman–Crippen MR) is 54.7 cm³/mol. The Balaban J connectivity index is 2.32. The maximum absolute atomic E-state index is 4.23. The number of aliphatic imine (C=N–C) groups is 1. The van der Waals surface area contributed by atoms with Gasteiger partial charge in [0.1, 0.15) is 0 Å². The molecule has 0 amide bonds. The third-order valence-electron chi connectivity index (χ3n) is 3.60. The first-order chi connectivity index (χ1) is 5.69. The van der Waals surface area contributed by atoms with E-state index < -0.39 is 0 Å². The summed E-state index contributed by atoms with van der Waals surface area (Å²) < 4.78 is 0. The molecule has 2 atom stereocenters. The van der Waals surface area contributed by atoms with E-state index in [1.165, 1.54) is 25.0 Å². The maximum Gasteiger partial charge on any atom is 0.0276 e. The highest BCUT2D eigenvalue weighted by molar-refractivity contribution is 5.90. The van der Waals surface area contributed by atoms with Crippen molar-refractivity contribution in [1.82, 2.24) is 0 Å². The SMILES string of the molecule is CCC(C)C(C)C1CC(=NC)C1. The van der Waals surface area contributed by atoms with Gasteiger partial charge in [-0.2, -0.15) is 0 Å². The van der Waals surface area contributed by atoms with E-state index in [-0.39, 0.29) is 0 Å². The summed E-state index contributed by atoms with van der Waals surface area (Å²) in [7, 11) is 1.92. The molecular weight excluding hydrogens is 146 g/mol. The van der Waals surface area contributed by atoms with Gasteiger partial charge in [0, 0.05) is 12.8 Å². The lowest BCUT2D eigenvalue weighted by atomic mass is 9.70. The largest absolute Gasteiger partial charge is 0.297 e. The minimum Gasteiger partial charge on any atom is -0.297 e.